The predicted molar refractivity (Wildman–Crippen MR) is 70.9 cm³/mol. The van der Waals surface area contributed by atoms with E-state index in [0.717, 1.165) is 19.3 Å². The molecule has 1 aliphatic rings. The first-order chi connectivity index (χ1) is 9.17. The van der Waals surface area contributed by atoms with Crippen LogP contribution in [0.15, 0.2) is 12.3 Å². The Morgan fingerprint density at radius 1 is 1.63 bits per heavy atom. The van der Waals surface area contributed by atoms with Crippen LogP contribution in [0.4, 0.5) is 10.2 Å². The monoisotopic (exact) mass is 266 g/mol. The van der Waals surface area contributed by atoms with Gasteiger partial charge in [-0.2, -0.15) is 0 Å². The molecule has 1 saturated carbocycles. The van der Waals surface area contributed by atoms with Crippen LogP contribution in [-0.2, 0) is 0 Å². The lowest BCUT2D eigenvalue weighted by Gasteiger charge is -2.22. The van der Waals surface area contributed by atoms with Crippen molar-refractivity contribution in [3.05, 3.63) is 23.6 Å². The van der Waals surface area contributed by atoms with Gasteiger partial charge in [0.05, 0.1) is 5.56 Å². The van der Waals surface area contributed by atoms with Gasteiger partial charge in [0, 0.05) is 19.3 Å². The average molecular weight is 266 g/mol. The second-order valence-corrected chi connectivity index (χ2v) is 4.86. The molecule has 0 aliphatic heterocycles. The normalized spacial score (nSPS) is 14.3. The molecule has 1 amide bonds. The van der Waals surface area contributed by atoms with Crippen LogP contribution >= 0.6 is 0 Å². The Bertz CT molecular complexity index is 462. The second kappa shape index (κ2) is 5.97. The first-order valence-electron chi connectivity index (χ1n) is 6.57. The molecule has 0 saturated heterocycles. The minimum atomic E-state index is -0.688. The Morgan fingerprint density at radius 2 is 2.37 bits per heavy atom. The number of carbonyl (C=O) groups excluding carboxylic acids is 1. The first-order valence-corrected chi connectivity index (χ1v) is 6.57. The lowest BCUT2D eigenvalue weighted by atomic mass is 10.2. The van der Waals surface area contributed by atoms with Gasteiger partial charge in [-0.1, -0.05) is 6.92 Å². The Balaban J connectivity index is 2.19. The molecule has 1 fully saturated rings. The lowest BCUT2D eigenvalue weighted by Crippen LogP contribution is -2.34. The van der Waals surface area contributed by atoms with Gasteiger partial charge in [-0.05, 0) is 31.2 Å². The summed E-state index contributed by atoms with van der Waals surface area (Å²) >= 11 is 0. The van der Waals surface area contributed by atoms with Gasteiger partial charge in [0.25, 0.3) is 5.91 Å². The van der Waals surface area contributed by atoms with Gasteiger partial charge >= 0.3 is 0 Å². The molecule has 0 radical (unpaired) electrons. The zero-order chi connectivity index (χ0) is 13.8. The molecule has 1 heterocycles. The summed E-state index contributed by atoms with van der Waals surface area (Å²) in [6.45, 7) is 3.35. The Labute approximate surface area is 112 Å². The van der Waals surface area contributed by atoms with Crippen LogP contribution in [0.3, 0.4) is 0 Å². The molecule has 1 aromatic heterocycles. The minimum Gasteiger partial charge on any atom is -0.338 e. The topological polar surface area (TPSA) is 71.2 Å². The molecular weight excluding hydrogens is 247 g/mol. The molecule has 0 aromatic carbocycles. The van der Waals surface area contributed by atoms with Gasteiger partial charge in [-0.3, -0.25) is 4.79 Å². The summed E-state index contributed by atoms with van der Waals surface area (Å²) in [6.07, 6.45) is 4.55. The van der Waals surface area contributed by atoms with Crippen LogP contribution in [0.1, 0.15) is 36.5 Å². The number of nitrogens with two attached hydrogens (primary N) is 1. The van der Waals surface area contributed by atoms with E-state index < -0.39 is 5.82 Å². The van der Waals surface area contributed by atoms with Gasteiger partial charge in [0.15, 0.2) is 11.6 Å². The number of hydrazine groups is 1. The number of nitrogens with one attached hydrogen (secondary N) is 1. The van der Waals surface area contributed by atoms with E-state index in [1.54, 1.807) is 4.90 Å². The number of nitrogens with zero attached hydrogens (tertiary/aromatic N) is 2. The highest BCUT2D eigenvalue weighted by Gasteiger charge is 2.28. The van der Waals surface area contributed by atoms with E-state index in [1.165, 1.54) is 12.3 Å². The van der Waals surface area contributed by atoms with Crippen molar-refractivity contribution in [3.63, 3.8) is 0 Å². The predicted octanol–water partition coefficient (Wildman–Crippen LogP) is 1.77. The number of halogens is 1. The van der Waals surface area contributed by atoms with Gasteiger partial charge in [-0.15, -0.1) is 0 Å². The summed E-state index contributed by atoms with van der Waals surface area (Å²) in [5, 5.41) is 0. The van der Waals surface area contributed by atoms with Crippen LogP contribution in [0, 0.1) is 11.7 Å². The van der Waals surface area contributed by atoms with Crippen molar-refractivity contribution in [1.29, 1.82) is 0 Å². The summed E-state index contributed by atoms with van der Waals surface area (Å²) in [6, 6.07) is 1.40. The average Bonchev–Trinajstić information content (AvgIpc) is 3.22. The number of carbonyl (C=O) groups is 1. The van der Waals surface area contributed by atoms with Crippen LogP contribution in [0.2, 0.25) is 0 Å². The van der Waals surface area contributed by atoms with Crippen molar-refractivity contribution in [2.75, 3.05) is 18.5 Å². The van der Waals surface area contributed by atoms with E-state index in [1.807, 2.05) is 6.92 Å². The highest BCUT2D eigenvalue weighted by molar-refractivity contribution is 5.95. The number of hydrogen-bond donors (Lipinski definition) is 2. The molecule has 2 rings (SSSR count). The van der Waals surface area contributed by atoms with Crippen molar-refractivity contribution in [1.82, 2.24) is 9.88 Å². The van der Waals surface area contributed by atoms with E-state index in [4.69, 9.17) is 5.84 Å². The zero-order valence-corrected chi connectivity index (χ0v) is 11.0. The smallest absolute Gasteiger partial charge is 0.257 e. The SMILES string of the molecule is CCCN(CC1CC1)C(=O)c1ccnc(NN)c1F. The van der Waals surface area contributed by atoms with Gasteiger partial charge in [0.2, 0.25) is 0 Å². The molecule has 19 heavy (non-hydrogen) atoms. The Kier molecular flexibility index (Phi) is 4.31. The van der Waals surface area contributed by atoms with Gasteiger partial charge in [0.1, 0.15) is 0 Å². The number of rotatable bonds is 6. The highest BCUT2D eigenvalue weighted by atomic mass is 19.1. The molecule has 3 N–H and O–H groups in total. The second-order valence-electron chi connectivity index (χ2n) is 4.86. The fourth-order valence-corrected chi connectivity index (χ4v) is 2.04. The third kappa shape index (κ3) is 3.20. The largest absolute Gasteiger partial charge is 0.338 e. The quantitative estimate of drug-likeness (QED) is 0.608. The highest BCUT2D eigenvalue weighted by Crippen LogP contribution is 2.30. The standard InChI is InChI=1S/C13H19FN4O/c1-2-7-18(8-9-3-4-9)13(19)10-5-6-16-12(17-15)11(10)14/h5-6,9H,2-4,7-8,15H2,1H3,(H,16,17). The minimum absolute atomic E-state index is 0.0250. The van der Waals surface area contributed by atoms with Gasteiger partial charge < -0.3 is 10.3 Å². The van der Waals surface area contributed by atoms with Gasteiger partial charge in [-0.25, -0.2) is 15.2 Å². The molecule has 0 bridgehead atoms. The summed E-state index contributed by atoms with van der Waals surface area (Å²) in [7, 11) is 0. The summed E-state index contributed by atoms with van der Waals surface area (Å²) < 4.78 is 14.0. The van der Waals surface area contributed by atoms with Crippen LogP contribution in [0.5, 0.6) is 0 Å². The van der Waals surface area contributed by atoms with Crippen molar-refractivity contribution in [2.24, 2.45) is 11.8 Å². The van der Waals surface area contributed by atoms with E-state index in [2.05, 4.69) is 10.4 Å². The maximum absolute atomic E-state index is 14.0. The number of nitrogen functional groups attached to an aromatic ring is 1. The van der Waals surface area contributed by atoms with Crippen LogP contribution in [-0.4, -0.2) is 28.9 Å². The molecule has 5 nitrogen and oxygen atoms in total. The Morgan fingerprint density at radius 3 is 2.95 bits per heavy atom. The molecule has 104 valence electrons. The molecule has 0 unspecified atom stereocenters. The maximum Gasteiger partial charge on any atom is 0.257 e. The third-order valence-corrected chi connectivity index (χ3v) is 3.21. The first kappa shape index (κ1) is 13.7. The molecule has 1 aromatic rings. The summed E-state index contributed by atoms with van der Waals surface area (Å²) in [4.78, 5) is 17.8. The number of anilines is 1. The Hall–Kier alpha value is -1.69. The number of amides is 1. The van der Waals surface area contributed by atoms with Crippen molar-refractivity contribution in [2.45, 2.75) is 26.2 Å². The number of pyridine rings is 1. The molecule has 1 aliphatic carbocycles. The van der Waals surface area contributed by atoms with Crippen molar-refractivity contribution in [3.8, 4) is 0 Å². The summed E-state index contributed by atoms with van der Waals surface area (Å²) in [5.74, 6) is 4.67. The fraction of sp³-hybridized carbons (Fsp3) is 0.538. The van der Waals surface area contributed by atoms with E-state index in [-0.39, 0.29) is 17.3 Å². The third-order valence-electron chi connectivity index (χ3n) is 3.21. The fourth-order valence-electron chi connectivity index (χ4n) is 2.04. The summed E-state index contributed by atoms with van der Waals surface area (Å²) in [5.41, 5.74) is 2.18. The van der Waals surface area contributed by atoms with E-state index >= 15 is 0 Å². The zero-order valence-electron chi connectivity index (χ0n) is 11.0. The molecule has 6 heteroatoms. The van der Waals surface area contributed by atoms with E-state index in [0.29, 0.717) is 19.0 Å². The lowest BCUT2D eigenvalue weighted by molar-refractivity contribution is 0.0743. The maximum atomic E-state index is 14.0. The molecule has 0 spiro atoms. The van der Waals surface area contributed by atoms with Crippen LogP contribution in [0.25, 0.3) is 0 Å². The van der Waals surface area contributed by atoms with Crippen molar-refractivity contribution < 1.29 is 9.18 Å². The molecule has 0 atom stereocenters. The molecular formula is C13H19FN4O. The number of aromatic nitrogens is 1. The number of hydrogen-bond acceptors (Lipinski definition) is 4. The van der Waals surface area contributed by atoms with Crippen molar-refractivity contribution >= 4 is 11.7 Å². The van der Waals surface area contributed by atoms with E-state index in [9.17, 15) is 9.18 Å². The van der Waals surface area contributed by atoms with Crippen LogP contribution < -0.4 is 11.3 Å².